The molecule has 1 saturated heterocycles. The number of piperidine rings is 1. The maximum atomic E-state index is 13.0. The quantitative estimate of drug-likeness (QED) is 0.623. The Bertz CT molecular complexity index is 999. The Morgan fingerprint density at radius 2 is 1.66 bits per heavy atom. The molecule has 0 radical (unpaired) electrons. The van der Waals surface area contributed by atoms with Gasteiger partial charge in [-0.05, 0) is 68.1 Å². The highest BCUT2D eigenvalue weighted by atomic mass is 32.2. The Morgan fingerprint density at radius 3 is 2.25 bits per heavy atom. The summed E-state index contributed by atoms with van der Waals surface area (Å²) in [5.74, 6) is -0.317. The van der Waals surface area contributed by atoms with Crippen molar-refractivity contribution < 1.29 is 13.2 Å². The van der Waals surface area contributed by atoms with Gasteiger partial charge in [-0.15, -0.1) is 0 Å². The van der Waals surface area contributed by atoms with Crippen LogP contribution < -0.4 is 9.62 Å². The van der Waals surface area contributed by atoms with Crippen LogP contribution in [0.4, 0.5) is 5.69 Å². The smallest absolute Gasteiger partial charge is 0.243 e. The molecule has 1 aliphatic rings. The minimum absolute atomic E-state index is 0.317. The molecule has 0 bridgehead atoms. The van der Waals surface area contributed by atoms with E-state index in [0.29, 0.717) is 12.2 Å². The summed E-state index contributed by atoms with van der Waals surface area (Å²) < 4.78 is 26.2. The van der Waals surface area contributed by atoms with Crippen molar-refractivity contribution in [2.45, 2.75) is 58.7 Å². The standard InChI is InChI=1S/C25H35N3O3S/c1-4-21-12-14-24(15-13-21)28(32(3,30)31)20(2)25(29)26-18-22-10-6-7-11-23(22)19-27-16-8-5-9-17-27/h6-7,10-15,20H,4-5,8-9,16-19H2,1-3H3,(H,26,29)/t20-/m1/s1. The molecular formula is C25H35N3O3S. The van der Waals surface area contributed by atoms with Crippen LogP contribution in [0.25, 0.3) is 0 Å². The van der Waals surface area contributed by atoms with Gasteiger partial charge in [0.05, 0.1) is 11.9 Å². The number of nitrogens with zero attached hydrogens (tertiary/aromatic N) is 2. The van der Waals surface area contributed by atoms with Crippen molar-refractivity contribution in [1.29, 1.82) is 0 Å². The van der Waals surface area contributed by atoms with Crippen LogP contribution in [-0.2, 0) is 34.3 Å². The molecule has 6 nitrogen and oxygen atoms in total. The van der Waals surface area contributed by atoms with E-state index >= 15 is 0 Å². The van der Waals surface area contributed by atoms with Crippen molar-refractivity contribution in [1.82, 2.24) is 10.2 Å². The van der Waals surface area contributed by atoms with E-state index in [1.165, 1.54) is 29.1 Å². The fourth-order valence-electron chi connectivity index (χ4n) is 4.26. The molecule has 0 spiro atoms. The van der Waals surface area contributed by atoms with E-state index in [4.69, 9.17) is 0 Å². The number of likely N-dealkylation sites (tertiary alicyclic amines) is 1. The third kappa shape index (κ3) is 6.33. The first-order valence-corrected chi connectivity index (χ1v) is 13.3. The summed E-state index contributed by atoms with van der Waals surface area (Å²) in [6.45, 7) is 7.14. The number of hydrogen-bond donors (Lipinski definition) is 1. The minimum atomic E-state index is -3.63. The Labute approximate surface area is 192 Å². The van der Waals surface area contributed by atoms with Gasteiger partial charge in [-0.25, -0.2) is 8.42 Å². The van der Waals surface area contributed by atoms with Crippen LogP contribution in [0.2, 0.25) is 0 Å². The van der Waals surface area contributed by atoms with Gasteiger partial charge in [-0.2, -0.15) is 0 Å². The molecule has 1 heterocycles. The first-order valence-electron chi connectivity index (χ1n) is 11.4. The lowest BCUT2D eigenvalue weighted by Gasteiger charge is -2.29. The number of sulfonamides is 1. The maximum Gasteiger partial charge on any atom is 0.243 e. The second-order valence-electron chi connectivity index (χ2n) is 8.58. The van der Waals surface area contributed by atoms with Crippen LogP contribution in [0.15, 0.2) is 48.5 Å². The average Bonchev–Trinajstić information content (AvgIpc) is 2.78. The van der Waals surface area contributed by atoms with Crippen LogP contribution in [0.5, 0.6) is 0 Å². The Morgan fingerprint density at radius 1 is 1.03 bits per heavy atom. The number of rotatable bonds is 9. The van der Waals surface area contributed by atoms with E-state index in [9.17, 15) is 13.2 Å². The van der Waals surface area contributed by atoms with Gasteiger partial charge in [0.25, 0.3) is 0 Å². The van der Waals surface area contributed by atoms with Crippen molar-refractivity contribution in [2.75, 3.05) is 23.7 Å². The predicted octanol–water partition coefficient (Wildman–Crippen LogP) is 3.71. The van der Waals surface area contributed by atoms with Crippen molar-refractivity contribution in [2.24, 2.45) is 0 Å². The molecule has 0 aromatic heterocycles. The van der Waals surface area contributed by atoms with Crippen LogP contribution in [0.3, 0.4) is 0 Å². The molecular weight excluding hydrogens is 422 g/mol. The number of hydrogen-bond acceptors (Lipinski definition) is 4. The summed E-state index contributed by atoms with van der Waals surface area (Å²) in [6.07, 6.45) is 5.77. The molecule has 1 amide bonds. The fourth-order valence-corrected chi connectivity index (χ4v) is 5.43. The number of anilines is 1. The van der Waals surface area contributed by atoms with Gasteiger partial charge in [0.2, 0.25) is 15.9 Å². The van der Waals surface area contributed by atoms with Crippen molar-refractivity contribution in [3.05, 3.63) is 65.2 Å². The highest BCUT2D eigenvalue weighted by molar-refractivity contribution is 7.92. The first-order chi connectivity index (χ1) is 15.3. The lowest BCUT2D eigenvalue weighted by molar-refractivity contribution is -0.122. The number of carbonyl (C=O) groups is 1. The second kappa shape index (κ2) is 11.0. The molecule has 0 aliphatic carbocycles. The van der Waals surface area contributed by atoms with Crippen molar-refractivity contribution in [3.8, 4) is 0 Å². The van der Waals surface area contributed by atoms with E-state index in [-0.39, 0.29) is 5.91 Å². The van der Waals surface area contributed by atoms with Gasteiger partial charge in [-0.1, -0.05) is 49.7 Å². The topological polar surface area (TPSA) is 69.7 Å². The van der Waals surface area contributed by atoms with E-state index in [0.717, 1.165) is 43.4 Å². The van der Waals surface area contributed by atoms with Gasteiger partial charge < -0.3 is 5.32 Å². The van der Waals surface area contributed by atoms with E-state index in [1.807, 2.05) is 37.3 Å². The Balaban J connectivity index is 1.70. The SMILES string of the molecule is CCc1ccc(N([C@H](C)C(=O)NCc2ccccc2CN2CCCCC2)S(C)(=O)=O)cc1. The zero-order valence-corrected chi connectivity index (χ0v) is 20.2. The Kier molecular flexibility index (Phi) is 8.32. The van der Waals surface area contributed by atoms with Crippen LogP contribution in [-0.4, -0.2) is 44.6 Å². The number of aryl methyl sites for hydroxylation is 1. The second-order valence-corrected chi connectivity index (χ2v) is 10.4. The lowest BCUT2D eigenvalue weighted by Crippen LogP contribution is -2.47. The molecule has 32 heavy (non-hydrogen) atoms. The van der Waals surface area contributed by atoms with E-state index < -0.39 is 16.1 Å². The molecule has 1 N–H and O–H groups in total. The normalized spacial score (nSPS) is 15.8. The average molecular weight is 458 g/mol. The van der Waals surface area contributed by atoms with Crippen LogP contribution in [0, 0.1) is 0 Å². The minimum Gasteiger partial charge on any atom is -0.350 e. The molecule has 174 valence electrons. The number of benzene rings is 2. The van der Waals surface area contributed by atoms with E-state index in [2.05, 4.69) is 16.3 Å². The molecule has 7 heteroatoms. The zero-order chi connectivity index (χ0) is 23.1. The summed E-state index contributed by atoms with van der Waals surface area (Å²) in [5.41, 5.74) is 3.89. The summed E-state index contributed by atoms with van der Waals surface area (Å²) in [5, 5.41) is 2.96. The molecule has 0 saturated carbocycles. The summed E-state index contributed by atoms with van der Waals surface area (Å²) in [4.78, 5) is 15.4. The summed E-state index contributed by atoms with van der Waals surface area (Å²) >= 11 is 0. The van der Waals surface area contributed by atoms with Crippen LogP contribution in [0.1, 0.15) is 49.8 Å². The van der Waals surface area contributed by atoms with Gasteiger partial charge in [-0.3, -0.25) is 14.0 Å². The van der Waals surface area contributed by atoms with Gasteiger partial charge in [0.15, 0.2) is 0 Å². The molecule has 2 aromatic rings. The highest BCUT2D eigenvalue weighted by Crippen LogP contribution is 2.22. The third-order valence-corrected chi connectivity index (χ3v) is 7.34. The third-order valence-electron chi connectivity index (χ3n) is 6.10. The molecule has 0 unspecified atom stereocenters. The Hall–Kier alpha value is -2.38. The molecule has 1 fully saturated rings. The predicted molar refractivity (Wildman–Crippen MR) is 130 cm³/mol. The summed E-state index contributed by atoms with van der Waals surface area (Å²) in [6, 6.07) is 14.6. The molecule has 2 aromatic carbocycles. The molecule has 3 rings (SSSR count). The van der Waals surface area contributed by atoms with Gasteiger partial charge >= 0.3 is 0 Å². The summed E-state index contributed by atoms with van der Waals surface area (Å²) in [7, 11) is -3.63. The zero-order valence-electron chi connectivity index (χ0n) is 19.4. The first kappa shape index (κ1) is 24.3. The fraction of sp³-hybridized carbons (Fsp3) is 0.480. The van der Waals surface area contributed by atoms with Gasteiger partial charge in [0, 0.05) is 13.1 Å². The van der Waals surface area contributed by atoms with Crippen molar-refractivity contribution in [3.63, 3.8) is 0 Å². The number of carbonyl (C=O) groups excluding carboxylic acids is 1. The van der Waals surface area contributed by atoms with Crippen LogP contribution >= 0.6 is 0 Å². The lowest BCUT2D eigenvalue weighted by atomic mass is 10.0. The monoisotopic (exact) mass is 457 g/mol. The molecule has 1 aliphatic heterocycles. The maximum absolute atomic E-state index is 13.0. The number of nitrogens with one attached hydrogen (secondary N) is 1. The highest BCUT2D eigenvalue weighted by Gasteiger charge is 2.29. The molecule has 1 atom stereocenters. The van der Waals surface area contributed by atoms with Gasteiger partial charge in [0.1, 0.15) is 6.04 Å². The van der Waals surface area contributed by atoms with Crippen molar-refractivity contribution >= 4 is 21.6 Å². The number of amides is 1. The largest absolute Gasteiger partial charge is 0.350 e. The van der Waals surface area contributed by atoms with E-state index in [1.54, 1.807) is 19.1 Å².